The van der Waals surface area contributed by atoms with E-state index in [1.54, 1.807) is 4.90 Å². The van der Waals surface area contributed by atoms with E-state index in [-0.39, 0.29) is 29.4 Å². The molecule has 0 saturated carbocycles. The van der Waals surface area contributed by atoms with Gasteiger partial charge in [-0.3, -0.25) is 4.79 Å². The molecule has 1 amide bonds. The fraction of sp³-hybridized carbons (Fsp3) is 0.500. The van der Waals surface area contributed by atoms with Crippen LogP contribution in [0.25, 0.3) is 0 Å². The summed E-state index contributed by atoms with van der Waals surface area (Å²) in [7, 11) is 0. The van der Waals surface area contributed by atoms with E-state index < -0.39 is 17.5 Å². The Labute approximate surface area is 123 Å². The third-order valence-electron chi connectivity index (χ3n) is 3.78. The number of carbonyl (C=O) groups is 1. The minimum atomic E-state index is -1.08. The van der Waals surface area contributed by atoms with Gasteiger partial charge in [0.2, 0.25) is 0 Å². The van der Waals surface area contributed by atoms with E-state index >= 15 is 0 Å². The SMILES string of the molecule is CC1(C)CN(C(=O)c2cccc(F)c2F)CCC1N.Cl. The van der Waals surface area contributed by atoms with Gasteiger partial charge in [-0.05, 0) is 24.0 Å². The van der Waals surface area contributed by atoms with Crippen molar-refractivity contribution in [1.29, 1.82) is 0 Å². The maximum atomic E-state index is 13.6. The van der Waals surface area contributed by atoms with E-state index in [2.05, 4.69) is 0 Å². The molecule has 1 aromatic carbocycles. The molecule has 0 spiro atoms. The Morgan fingerprint density at radius 3 is 2.65 bits per heavy atom. The largest absolute Gasteiger partial charge is 0.338 e. The molecular formula is C14H19ClF2N2O. The monoisotopic (exact) mass is 304 g/mol. The Morgan fingerprint density at radius 1 is 1.40 bits per heavy atom. The molecule has 2 N–H and O–H groups in total. The molecule has 0 aliphatic carbocycles. The van der Waals surface area contributed by atoms with Crippen molar-refractivity contribution in [2.24, 2.45) is 11.1 Å². The van der Waals surface area contributed by atoms with Crippen LogP contribution >= 0.6 is 12.4 Å². The molecule has 1 heterocycles. The molecule has 1 aliphatic rings. The van der Waals surface area contributed by atoms with Gasteiger partial charge < -0.3 is 10.6 Å². The van der Waals surface area contributed by atoms with Crippen LogP contribution in [0.2, 0.25) is 0 Å². The van der Waals surface area contributed by atoms with Gasteiger partial charge in [-0.15, -0.1) is 12.4 Å². The number of hydrogen-bond donors (Lipinski definition) is 1. The number of carbonyl (C=O) groups excluding carboxylic acids is 1. The van der Waals surface area contributed by atoms with Gasteiger partial charge in [0, 0.05) is 19.1 Å². The number of nitrogens with zero attached hydrogens (tertiary/aromatic N) is 1. The molecule has 0 bridgehead atoms. The zero-order chi connectivity index (χ0) is 14.2. The Bertz CT molecular complexity index is 508. The van der Waals surface area contributed by atoms with Gasteiger partial charge in [0.25, 0.3) is 5.91 Å². The average molecular weight is 305 g/mol. The first-order chi connectivity index (χ1) is 8.83. The minimum absolute atomic E-state index is 0. The number of piperidine rings is 1. The second-order valence-electron chi connectivity index (χ2n) is 5.71. The molecule has 0 aromatic heterocycles. The summed E-state index contributed by atoms with van der Waals surface area (Å²) < 4.78 is 26.8. The van der Waals surface area contributed by atoms with Gasteiger partial charge in [-0.2, -0.15) is 0 Å². The van der Waals surface area contributed by atoms with E-state index in [4.69, 9.17) is 5.73 Å². The molecule has 1 saturated heterocycles. The van der Waals surface area contributed by atoms with Gasteiger partial charge >= 0.3 is 0 Å². The summed E-state index contributed by atoms with van der Waals surface area (Å²) in [5.41, 5.74) is 5.55. The van der Waals surface area contributed by atoms with Gasteiger partial charge in [-0.1, -0.05) is 19.9 Å². The Balaban J connectivity index is 0.00000200. The predicted molar refractivity (Wildman–Crippen MR) is 75.9 cm³/mol. The number of halogens is 3. The highest BCUT2D eigenvalue weighted by molar-refractivity contribution is 5.94. The number of amides is 1. The Hall–Kier alpha value is -1.20. The first-order valence-electron chi connectivity index (χ1n) is 6.32. The van der Waals surface area contributed by atoms with Crippen molar-refractivity contribution in [3.63, 3.8) is 0 Å². The molecular weight excluding hydrogens is 286 g/mol. The summed E-state index contributed by atoms with van der Waals surface area (Å²) in [4.78, 5) is 13.8. The zero-order valence-corrected chi connectivity index (χ0v) is 12.3. The summed E-state index contributed by atoms with van der Waals surface area (Å²) >= 11 is 0. The average Bonchev–Trinajstić information content (AvgIpc) is 2.35. The molecule has 1 aliphatic heterocycles. The van der Waals surface area contributed by atoms with Crippen molar-refractivity contribution in [3.8, 4) is 0 Å². The van der Waals surface area contributed by atoms with Crippen LogP contribution in [0.15, 0.2) is 18.2 Å². The van der Waals surface area contributed by atoms with Crippen LogP contribution in [0, 0.1) is 17.0 Å². The fourth-order valence-electron chi connectivity index (χ4n) is 2.39. The number of benzene rings is 1. The van der Waals surface area contributed by atoms with Crippen LogP contribution in [0.1, 0.15) is 30.6 Å². The first-order valence-corrected chi connectivity index (χ1v) is 6.32. The molecule has 1 fully saturated rings. The van der Waals surface area contributed by atoms with Crippen LogP contribution in [0.4, 0.5) is 8.78 Å². The van der Waals surface area contributed by atoms with Crippen molar-refractivity contribution in [2.75, 3.05) is 13.1 Å². The van der Waals surface area contributed by atoms with Crippen molar-refractivity contribution < 1.29 is 13.6 Å². The summed E-state index contributed by atoms with van der Waals surface area (Å²) in [6.07, 6.45) is 0.662. The number of hydrogen-bond acceptors (Lipinski definition) is 2. The molecule has 2 rings (SSSR count). The lowest BCUT2D eigenvalue weighted by Gasteiger charge is -2.42. The topological polar surface area (TPSA) is 46.3 Å². The van der Waals surface area contributed by atoms with Crippen molar-refractivity contribution in [2.45, 2.75) is 26.3 Å². The van der Waals surface area contributed by atoms with Gasteiger partial charge in [0.15, 0.2) is 11.6 Å². The highest BCUT2D eigenvalue weighted by Gasteiger charge is 2.36. The molecule has 1 atom stereocenters. The third kappa shape index (κ3) is 3.10. The van der Waals surface area contributed by atoms with Gasteiger partial charge in [0.05, 0.1) is 5.56 Å². The van der Waals surface area contributed by atoms with Crippen LogP contribution < -0.4 is 5.73 Å². The standard InChI is InChI=1S/C14H18F2N2O.ClH/c1-14(2)8-18(7-6-11(14)17)13(19)9-4-3-5-10(15)12(9)16;/h3-5,11H,6-8,17H2,1-2H3;1H. The second kappa shape index (κ2) is 6.06. The van der Waals surface area contributed by atoms with Crippen LogP contribution in [0.5, 0.6) is 0 Å². The lowest BCUT2D eigenvalue weighted by Crippen LogP contribution is -2.54. The lowest BCUT2D eigenvalue weighted by molar-refractivity contribution is 0.0527. The summed E-state index contributed by atoms with van der Waals surface area (Å²) in [6, 6.07) is 3.66. The van der Waals surface area contributed by atoms with Crippen molar-refractivity contribution in [3.05, 3.63) is 35.4 Å². The number of likely N-dealkylation sites (tertiary alicyclic amines) is 1. The predicted octanol–water partition coefficient (Wildman–Crippen LogP) is 2.59. The maximum absolute atomic E-state index is 13.6. The van der Waals surface area contributed by atoms with Crippen molar-refractivity contribution >= 4 is 18.3 Å². The molecule has 0 radical (unpaired) electrons. The maximum Gasteiger partial charge on any atom is 0.256 e. The van der Waals surface area contributed by atoms with Crippen LogP contribution in [0.3, 0.4) is 0 Å². The van der Waals surface area contributed by atoms with Crippen LogP contribution in [-0.2, 0) is 0 Å². The normalized spacial score (nSPS) is 21.2. The molecule has 20 heavy (non-hydrogen) atoms. The zero-order valence-electron chi connectivity index (χ0n) is 11.5. The molecule has 1 unspecified atom stereocenters. The van der Waals surface area contributed by atoms with Gasteiger partial charge in [0.1, 0.15) is 0 Å². The third-order valence-corrected chi connectivity index (χ3v) is 3.78. The molecule has 3 nitrogen and oxygen atoms in total. The summed E-state index contributed by atoms with van der Waals surface area (Å²) in [5.74, 6) is -2.56. The molecule has 1 aromatic rings. The van der Waals surface area contributed by atoms with E-state index in [1.807, 2.05) is 13.8 Å². The highest BCUT2D eigenvalue weighted by atomic mass is 35.5. The smallest absolute Gasteiger partial charge is 0.256 e. The molecule has 112 valence electrons. The van der Waals surface area contributed by atoms with Crippen molar-refractivity contribution in [1.82, 2.24) is 4.90 Å². The fourth-order valence-corrected chi connectivity index (χ4v) is 2.39. The quantitative estimate of drug-likeness (QED) is 0.867. The van der Waals surface area contributed by atoms with E-state index in [9.17, 15) is 13.6 Å². The summed E-state index contributed by atoms with van der Waals surface area (Å²) in [6.45, 7) is 4.86. The van der Waals surface area contributed by atoms with E-state index in [1.165, 1.54) is 12.1 Å². The summed E-state index contributed by atoms with van der Waals surface area (Å²) in [5, 5.41) is 0. The highest BCUT2D eigenvalue weighted by Crippen LogP contribution is 2.29. The van der Waals surface area contributed by atoms with E-state index in [0.29, 0.717) is 19.5 Å². The number of rotatable bonds is 1. The van der Waals surface area contributed by atoms with Gasteiger partial charge in [-0.25, -0.2) is 8.78 Å². The number of nitrogens with two attached hydrogens (primary N) is 1. The molecule has 6 heteroatoms. The Kier molecular flexibility index (Phi) is 5.10. The second-order valence-corrected chi connectivity index (χ2v) is 5.71. The lowest BCUT2D eigenvalue weighted by atomic mass is 9.79. The van der Waals surface area contributed by atoms with E-state index in [0.717, 1.165) is 6.07 Å². The van der Waals surface area contributed by atoms with Crippen LogP contribution in [-0.4, -0.2) is 29.9 Å². The minimum Gasteiger partial charge on any atom is -0.338 e. The Morgan fingerprint density at radius 2 is 2.05 bits per heavy atom. The first kappa shape index (κ1) is 16.9.